The van der Waals surface area contributed by atoms with E-state index in [0.717, 1.165) is 13.0 Å². The normalized spacial score (nSPS) is 15.7. The number of hydrogen-bond acceptors (Lipinski definition) is 3. The quantitative estimate of drug-likeness (QED) is 0.610. The van der Waals surface area contributed by atoms with Gasteiger partial charge in [0.25, 0.3) is 0 Å². The van der Waals surface area contributed by atoms with Gasteiger partial charge in [-0.15, -0.1) is 0 Å². The Kier molecular flexibility index (Phi) is 9.70. The highest BCUT2D eigenvalue weighted by molar-refractivity contribution is 4.75. The van der Waals surface area contributed by atoms with Gasteiger partial charge in [-0.1, -0.05) is 27.2 Å². The molecule has 2 unspecified atom stereocenters. The van der Waals surface area contributed by atoms with E-state index in [1.165, 1.54) is 12.8 Å². The summed E-state index contributed by atoms with van der Waals surface area (Å²) in [6, 6.07) is 0.472. The second-order valence-electron chi connectivity index (χ2n) is 5.73. The van der Waals surface area contributed by atoms with Gasteiger partial charge in [0.1, 0.15) is 0 Å². The number of ether oxygens (including phenoxy) is 2. The van der Waals surface area contributed by atoms with E-state index in [2.05, 4.69) is 46.9 Å². The molecule has 1 N–H and O–H groups in total. The fourth-order valence-electron chi connectivity index (χ4n) is 2.06. The standard InChI is InChI=1S/C15H33NO2/c1-7-10-13(16-9-3)14(8-2)17-11-12-18-15(4,5)6/h13-14,16H,7-12H2,1-6H3. The lowest BCUT2D eigenvalue weighted by molar-refractivity contribution is -0.0594. The van der Waals surface area contributed by atoms with E-state index < -0.39 is 0 Å². The summed E-state index contributed by atoms with van der Waals surface area (Å²) >= 11 is 0. The monoisotopic (exact) mass is 259 g/mol. The Hall–Kier alpha value is -0.120. The molecule has 0 amide bonds. The molecule has 0 spiro atoms. The molecule has 0 fully saturated rings. The van der Waals surface area contributed by atoms with Gasteiger partial charge in [0, 0.05) is 6.04 Å². The van der Waals surface area contributed by atoms with Crippen LogP contribution in [0.15, 0.2) is 0 Å². The first-order valence-corrected chi connectivity index (χ1v) is 7.43. The van der Waals surface area contributed by atoms with Gasteiger partial charge in [-0.2, -0.15) is 0 Å². The second kappa shape index (κ2) is 9.76. The van der Waals surface area contributed by atoms with Gasteiger partial charge in [0.2, 0.25) is 0 Å². The molecule has 18 heavy (non-hydrogen) atoms. The summed E-state index contributed by atoms with van der Waals surface area (Å²) in [4.78, 5) is 0. The largest absolute Gasteiger partial charge is 0.374 e. The first-order valence-electron chi connectivity index (χ1n) is 7.43. The van der Waals surface area contributed by atoms with Crippen LogP contribution in [0.5, 0.6) is 0 Å². The Balaban J connectivity index is 3.99. The minimum atomic E-state index is -0.0738. The topological polar surface area (TPSA) is 30.5 Å². The van der Waals surface area contributed by atoms with Crippen LogP contribution in [0, 0.1) is 0 Å². The molecule has 0 saturated heterocycles. The van der Waals surface area contributed by atoms with E-state index in [9.17, 15) is 0 Å². The summed E-state index contributed by atoms with van der Waals surface area (Å²) in [7, 11) is 0. The zero-order valence-corrected chi connectivity index (χ0v) is 13.2. The molecule has 3 heteroatoms. The molecule has 0 aliphatic rings. The van der Waals surface area contributed by atoms with Crippen molar-refractivity contribution in [2.45, 2.75) is 78.6 Å². The van der Waals surface area contributed by atoms with E-state index in [1.54, 1.807) is 0 Å². The number of hydrogen-bond donors (Lipinski definition) is 1. The average molecular weight is 259 g/mol. The third-order valence-corrected chi connectivity index (χ3v) is 2.87. The fraction of sp³-hybridized carbons (Fsp3) is 1.00. The fourth-order valence-corrected chi connectivity index (χ4v) is 2.06. The van der Waals surface area contributed by atoms with Crippen LogP contribution in [-0.2, 0) is 9.47 Å². The summed E-state index contributed by atoms with van der Waals surface area (Å²) in [5.41, 5.74) is -0.0738. The number of rotatable bonds is 10. The Labute approximate surface area is 114 Å². The van der Waals surface area contributed by atoms with Crippen molar-refractivity contribution in [1.82, 2.24) is 5.32 Å². The minimum Gasteiger partial charge on any atom is -0.374 e. The highest BCUT2D eigenvalue weighted by atomic mass is 16.5. The van der Waals surface area contributed by atoms with Crippen LogP contribution in [0.1, 0.15) is 60.8 Å². The van der Waals surface area contributed by atoms with Crippen LogP contribution in [0.2, 0.25) is 0 Å². The van der Waals surface area contributed by atoms with Gasteiger partial charge in [-0.05, 0) is 40.2 Å². The third kappa shape index (κ3) is 8.90. The SMILES string of the molecule is CCCC(NCC)C(CC)OCCOC(C)(C)C. The molecule has 0 aromatic carbocycles. The van der Waals surface area contributed by atoms with E-state index >= 15 is 0 Å². The maximum absolute atomic E-state index is 5.97. The van der Waals surface area contributed by atoms with Gasteiger partial charge in [-0.25, -0.2) is 0 Å². The predicted octanol–water partition coefficient (Wildman–Crippen LogP) is 3.37. The summed E-state index contributed by atoms with van der Waals surface area (Å²) < 4.78 is 11.6. The lowest BCUT2D eigenvalue weighted by Gasteiger charge is -2.28. The predicted molar refractivity (Wildman–Crippen MR) is 78.1 cm³/mol. The van der Waals surface area contributed by atoms with Crippen molar-refractivity contribution >= 4 is 0 Å². The summed E-state index contributed by atoms with van der Waals surface area (Å²) in [6.07, 6.45) is 3.71. The molecule has 110 valence electrons. The number of nitrogens with one attached hydrogen (secondary N) is 1. The van der Waals surface area contributed by atoms with E-state index in [0.29, 0.717) is 25.4 Å². The summed E-state index contributed by atoms with van der Waals surface area (Å²) in [6.45, 7) is 15.1. The number of likely N-dealkylation sites (N-methyl/N-ethyl adjacent to an activating group) is 1. The van der Waals surface area contributed by atoms with Crippen molar-refractivity contribution in [2.24, 2.45) is 0 Å². The molecule has 3 nitrogen and oxygen atoms in total. The molecule has 0 rings (SSSR count). The minimum absolute atomic E-state index is 0.0738. The lowest BCUT2D eigenvalue weighted by Crippen LogP contribution is -2.41. The molecule has 0 heterocycles. The van der Waals surface area contributed by atoms with E-state index in [-0.39, 0.29) is 5.60 Å². The maximum Gasteiger partial charge on any atom is 0.0726 e. The van der Waals surface area contributed by atoms with E-state index in [1.807, 2.05) is 0 Å². The van der Waals surface area contributed by atoms with Crippen LogP contribution in [0.4, 0.5) is 0 Å². The molecule has 0 aromatic heterocycles. The summed E-state index contributed by atoms with van der Waals surface area (Å²) in [5.74, 6) is 0. The van der Waals surface area contributed by atoms with Crippen molar-refractivity contribution < 1.29 is 9.47 Å². The Morgan fingerprint density at radius 3 is 2.17 bits per heavy atom. The molecule has 0 aliphatic heterocycles. The third-order valence-electron chi connectivity index (χ3n) is 2.87. The van der Waals surface area contributed by atoms with E-state index in [4.69, 9.17) is 9.47 Å². The first kappa shape index (κ1) is 17.9. The lowest BCUT2D eigenvalue weighted by atomic mass is 10.0. The summed E-state index contributed by atoms with van der Waals surface area (Å²) in [5, 5.41) is 3.53. The second-order valence-corrected chi connectivity index (χ2v) is 5.73. The van der Waals surface area contributed by atoms with Crippen molar-refractivity contribution in [3.63, 3.8) is 0 Å². The molecule has 0 radical (unpaired) electrons. The van der Waals surface area contributed by atoms with Crippen molar-refractivity contribution in [2.75, 3.05) is 19.8 Å². The molecule has 0 aromatic rings. The zero-order chi connectivity index (χ0) is 14.0. The van der Waals surface area contributed by atoms with Gasteiger partial charge < -0.3 is 14.8 Å². The van der Waals surface area contributed by atoms with Crippen molar-refractivity contribution in [3.8, 4) is 0 Å². The Morgan fingerprint density at radius 1 is 1.06 bits per heavy atom. The van der Waals surface area contributed by atoms with Gasteiger partial charge >= 0.3 is 0 Å². The van der Waals surface area contributed by atoms with Gasteiger partial charge in [-0.3, -0.25) is 0 Å². The van der Waals surface area contributed by atoms with Crippen LogP contribution in [0.3, 0.4) is 0 Å². The zero-order valence-electron chi connectivity index (χ0n) is 13.2. The Morgan fingerprint density at radius 2 is 1.72 bits per heavy atom. The maximum atomic E-state index is 5.97. The van der Waals surface area contributed by atoms with Crippen molar-refractivity contribution in [1.29, 1.82) is 0 Å². The van der Waals surface area contributed by atoms with Gasteiger partial charge in [0.05, 0.1) is 24.9 Å². The van der Waals surface area contributed by atoms with Gasteiger partial charge in [0.15, 0.2) is 0 Å². The van der Waals surface area contributed by atoms with Crippen LogP contribution < -0.4 is 5.32 Å². The highest BCUT2D eigenvalue weighted by Crippen LogP contribution is 2.11. The van der Waals surface area contributed by atoms with Crippen LogP contribution in [-0.4, -0.2) is 37.5 Å². The van der Waals surface area contributed by atoms with Crippen molar-refractivity contribution in [3.05, 3.63) is 0 Å². The first-order chi connectivity index (χ1) is 8.44. The molecule has 2 atom stereocenters. The molecule has 0 aliphatic carbocycles. The smallest absolute Gasteiger partial charge is 0.0726 e. The average Bonchev–Trinajstić information content (AvgIpc) is 2.28. The Bertz CT molecular complexity index is 183. The molecular weight excluding hydrogens is 226 g/mol. The highest BCUT2D eigenvalue weighted by Gasteiger charge is 2.19. The molecule has 0 bridgehead atoms. The van der Waals surface area contributed by atoms with Crippen LogP contribution >= 0.6 is 0 Å². The molecule has 0 saturated carbocycles. The molecular formula is C15H33NO2. The van der Waals surface area contributed by atoms with Crippen LogP contribution in [0.25, 0.3) is 0 Å².